The predicted molar refractivity (Wildman–Crippen MR) is 124 cm³/mol. The smallest absolute Gasteiger partial charge is 0.0974 e. The van der Waals surface area contributed by atoms with Gasteiger partial charge in [0.1, 0.15) is 0 Å². The first-order chi connectivity index (χ1) is 15.0. The minimum Gasteiger partial charge on any atom is -0.359 e. The lowest BCUT2D eigenvalue weighted by atomic mass is 9.58. The van der Waals surface area contributed by atoms with E-state index in [1.54, 1.807) is 0 Å². The van der Waals surface area contributed by atoms with Gasteiger partial charge in [0.15, 0.2) is 0 Å². The lowest BCUT2D eigenvalue weighted by Crippen LogP contribution is -2.54. The van der Waals surface area contributed by atoms with Crippen LogP contribution in [0.3, 0.4) is 0 Å². The number of hydrogen-bond acceptors (Lipinski definition) is 3. The molecule has 2 unspecified atom stereocenters. The first-order valence-electron chi connectivity index (χ1n) is 12.2. The van der Waals surface area contributed by atoms with Crippen LogP contribution in [0.1, 0.15) is 69.8 Å². The van der Waals surface area contributed by atoms with Crippen LogP contribution in [0.4, 0.5) is 0 Å². The largest absolute Gasteiger partial charge is 0.359 e. The molecule has 2 saturated carbocycles. The average molecular weight is 413 g/mol. The van der Waals surface area contributed by atoms with Crippen LogP contribution in [0, 0.1) is 11.3 Å². The molecule has 31 heavy (non-hydrogen) atoms. The van der Waals surface area contributed by atoms with E-state index in [9.17, 15) is 0 Å². The molecule has 3 fully saturated rings. The van der Waals surface area contributed by atoms with Crippen molar-refractivity contribution in [2.24, 2.45) is 17.1 Å². The zero-order valence-electron chi connectivity index (χ0n) is 18.4. The second-order valence-corrected chi connectivity index (χ2v) is 11.2. The van der Waals surface area contributed by atoms with E-state index in [0.717, 1.165) is 32.1 Å². The summed E-state index contributed by atoms with van der Waals surface area (Å²) in [6.45, 7) is 2.55. The van der Waals surface area contributed by atoms with E-state index in [1.807, 2.05) is 12.4 Å². The Morgan fingerprint density at radius 2 is 2.03 bits per heavy atom. The van der Waals surface area contributed by atoms with Gasteiger partial charge in [0, 0.05) is 23.8 Å². The second kappa shape index (κ2) is 6.08. The van der Waals surface area contributed by atoms with E-state index >= 15 is 0 Å². The SMILES string of the molecule is C[C@]12CC=C3C=C4CC[C@H](N)C[C@]45CCC3(O5)[C@@H]1CCC2c1ccc2ccncc2c1. The zero-order valence-corrected chi connectivity index (χ0v) is 18.4. The second-order valence-electron chi connectivity index (χ2n) is 11.2. The molecule has 2 aromatic rings. The molecular weight excluding hydrogens is 380 g/mol. The van der Waals surface area contributed by atoms with Gasteiger partial charge in [-0.25, -0.2) is 0 Å². The summed E-state index contributed by atoms with van der Waals surface area (Å²) in [7, 11) is 0. The quantitative estimate of drug-likeness (QED) is 0.643. The Morgan fingerprint density at radius 3 is 2.97 bits per heavy atom. The predicted octanol–water partition coefficient (Wildman–Crippen LogP) is 5.80. The summed E-state index contributed by atoms with van der Waals surface area (Å²) >= 11 is 0. The molecule has 1 aromatic carbocycles. The average Bonchev–Trinajstić information content (AvgIpc) is 3.28. The van der Waals surface area contributed by atoms with Gasteiger partial charge in [-0.1, -0.05) is 31.2 Å². The van der Waals surface area contributed by atoms with E-state index in [4.69, 9.17) is 10.5 Å². The summed E-state index contributed by atoms with van der Waals surface area (Å²) in [5.41, 5.74) is 11.0. The number of fused-ring (bicyclic) bond motifs is 2. The summed E-state index contributed by atoms with van der Waals surface area (Å²) in [5, 5.41) is 2.54. The molecular formula is C28H32N2O. The molecule has 2 bridgehead atoms. The highest BCUT2D eigenvalue weighted by Crippen LogP contribution is 2.69. The fourth-order valence-electron chi connectivity index (χ4n) is 8.31. The summed E-state index contributed by atoms with van der Waals surface area (Å²) in [4.78, 5) is 4.36. The molecule has 3 aliphatic carbocycles. The van der Waals surface area contributed by atoms with Crippen molar-refractivity contribution in [3.05, 3.63) is 65.5 Å². The summed E-state index contributed by atoms with van der Waals surface area (Å²) in [6.07, 6.45) is 18.2. The number of benzene rings is 1. The van der Waals surface area contributed by atoms with Crippen LogP contribution < -0.4 is 5.73 Å². The first kappa shape index (κ1) is 18.6. The number of nitrogens with two attached hydrogens (primary N) is 1. The van der Waals surface area contributed by atoms with E-state index in [0.29, 0.717) is 11.8 Å². The van der Waals surface area contributed by atoms with Crippen molar-refractivity contribution in [1.29, 1.82) is 0 Å². The Morgan fingerprint density at radius 1 is 1.10 bits per heavy atom. The number of aromatic nitrogens is 1. The molecule has 3 heterocycles. The van der Waals surface area contributed by atoms with Crippen LogP contribution >= 0.6 is 0 Å². The van der Waals surface area contributed by atoms with Gasteiger partial charge in [-0.2, -0.15) is 0 Å². The van der Waals surface area contributed by atoms with Gasteiger partial charge < -0.3 is 10.5 Å². The number of ether oxygens (including phenoxy) is 1. The minimum atomic E-state index is -0.0826. The van der Waals surface area contributed by atoms with Crippen LogP contribution in [0.25, 0.3) is 10.8 Å². The summed E-state index contributed by atoms with van der Waals surface area (Å²) in [5.74, 6) is 1.17. The Balaban J connectivity index is 1.31. The maximum Gasteiger partial charge on any atom is 0.0974 e. The maximum absolute atomic E-state index is 7.26. The standard InChI is InChI=1S/C28H32N2O/c1-26-10-8-22-15-21-4-5-23(29)16-27(21)11-12-28(22,31-27)25(26)7-6-24(26)19-3-2-18-9-13-30-17-20(18)14-19/h2-3,8-9,13-15,17,23-25H,4-7,10-12,16,29H2,1H3/t23-,24?,25+,26+,27+,28?/m0/s1. The molecule has 2 spiro atoms. The van der Waals surface area contributed by atoms with Gasteiger partial charge in [0.2, 0.25) is 0 Å². The third-order valence-electron chi connectivity index (χ3n) is 9.79. The summed E-state index contributed by atoms with van der Waals surface area (Å²) < 4.78 is 7.26. The van der Waals surface area contributed by atoms with Crippen molar-refractivity contribution >= 4 is 10.8 Å². The monoisotopic (exact) mass is 412 g/mol. The normalized spacial score (nSPS) is 43.1. The first-order valence-corrected chi connectivity index (χ1v) is 12.2. The van der Waals surface area contributed by atoms with Gasteiger partial charge in [-0.3, -0.25) is 4.98 Å². The fraction of sp³-hybridized carbons (Fsp3) is 0.536. The number of rotatable bonds is 1. The van der Waals surface area contributed by atoms with Gasteiger partial charge in [-0.05, 0) is 103 Å². The van der Waals surface area contributed by atoms with Crippen LogP contribution in [0.2, 0.25) is 0 Å². The topological polar surface area (TPSA) is 48.1 Å². The molecule has 3 heteroatoms. The molecule has 5 aliphatic rings. The van der Waals surface area contributed by atoms with Crippen molar-refractivity contribution < 1.29 is 4.74 Å². The highest BCUT2D eigenvalue weighted by Gasteiger charge is 2.66. The Kier molecular flexibility index (Phi) is 3.65. The fourth-order valence-corrected chi connectivity index (χ4v) is 8.31. The molecule has 6 atom stereocenters. The van der Waals surface area contributed by atoms with Crippen LogP contribution in [0.15, 0.2) is 60.0 Å². The molecule has 7 rings (SSSR count). The molecule has 3 nitrogen and oxygen atoms in total. The lowest BCUT2D eigenvalue weighted by Gasteiger charge is -2.54. The van der Waals surface area contributed by atoms with Crippen LogP contribution in [-0.2, 0) is 4.74 Å². The van der Waals surface area contributed by atoms with E-state index < -0.39 is 0 Å². The third-order valence-corrected chi connectivity index (χ3v) is 9.79. The van der Waals surface area contributed by atoms with Crippen molar-refractivity contribution in [1.82, 2.24) is 4.98 Å². The van der Waals surface area contributed by atoms with Crippen molar-refractivity contribution in [3.63, 3.8) is 0 Å². The van der Waals surface area contributed by atoms with Crippen LogP contribution in [-0.4, -0.2) is 22.2 Å². The lowest BCUT2D eigenvalue weighted by molar-refractivity contribution is -0.135. The van der Waals surface area contributed by atoms with Gasteiger partial charge in [-0.15, -0.1) is 0 Å². The van der Waals surface area contributed by atoms with E-state index in [-0.39, 0.29) is 22.7 Å². The van der Waals surface area contributed by atoms with Gasteiger partial charge >= 0.3 is 0 Å². The van der Waals surface area contributed by atoms with Crippen LogP contribution in [0.5, 0.6) is 0 Å². The number of hydrogen-bond donors (Lipinski definition) is 1. The molecule has 160 valence electrons. The maximum atomic E-state index is 7.26. The van der Waals surface area contributed by atoms with E-state index in [1.165, 1.54) is 46.7 Å². The molecule has 2 aliphatic heterocycles. The summed E-state index contributed by atoms with van der Waals surface area (Å²) in [6, 6.07) is 9.45. The zero-order chi connectivity index (χ0) is 20.8. The van der Waals surface area contributed by atoms with Gasteiger partial charge in [0.25, 0.3) is 0 Å². The highest BCUT2D eigenvalue weighted by atomic mass is 16.5. The Labute approximate surface area is 184 Å². The minimum absolute atomic E-state index is 0.0695. The number of allylic oxidation sites excluding steroid dienone is 1. The number of pyridine rings is 1. The number of nitrogens with zero attached hydrogens (tertiary/aromatic N) is 1. The molecule has 1 saturated heterocycles. The molecule has 0 amide bonds. The molecule has 1 aromatic heterocycles. The van der Waals surface area contributed by atoms with Crippen molar-refractivity contribution in [2.45, 2.75) is 81.5 Å². The van der Waals surface area contributed by atoms with E-state index in [2.05, 4.69) is 48.3 Å². The molecule has 2 N–H and O–H groups in total. The molecule has 0 radical (unpaired) electrons. The Hall–Kier alpha value is -1.97. The third kappa shape index (κ3) is 2.34. The van der Waals surface area contributed by atoms with Gasteiger partial charge in [0.05, 0.1) is 11.2 Å². The van der Waals surface area contributed by atoms with Crippen molar-refractivity contribution in [3.8, 4) is 0 Å². The Bertz CT molecular complexity index is 1150. The highest BCUT2D eigenvalue weighted by molar-refractivity contribution is 5.82. The van der Waals surface area contributed by atoms with Crippen molar-refractivity contribution in [2.75, 3.05) is 0 Å².